The normalized spacial score (nSPS) is 24.6. The van der Waals surface area contributed by atoms with Crippen LogP contribution in [0.2, 0.25) is 0 Å². The second kappa shape index (κ2) is 37.6. The van der Waals surface area contributed by atoms with Gasteiger partial charge in [-0.2, -0.15) is 0 Å². The molecule has 2 saturated heterocycles. The van der Waals surface area contributed by atoms with Crippen LogP contribution in [-0.2, 0) is 75.7 Å². The zero-order valence-corrected chi connectivity index (χ0v) is 70.6. The summed E-state index contributed by atoms with van der Waals surface area (Å²) in [6, 6.07) is 8.91. The SMILES string of the molecule is CCCCOC(=O)C1(C)C=C(B2OC(C)(C)C(C)(C)O2)CC(C)(C)O1.CCCCOC(=O)C1(C)C=C(c2ccc([N+](=O)[O-])cn2)CC(C)(C)O1.CCCCOC(=O)C1(C)CC(B2OC(C)(C)C(C)(C)O2)=CC(C)(C)O1.CCCCOC(=O)C1(C)CC(c2ccc([N+](=O)[O-])cn2)=CC(C)(C)O1.O=[N+]([O-])c1ccc(Br)nc1. The van der Waals surface area contributed by atoms with Crippen molar-refractivity contribution in [2.75, 3.05) is 26.4 Å². The monoisotopic (exact) mass is 1600 g/mol. The van der Waals surface area contributed by atoms with E-state index in [1.54, 1.807) is 45.9 Å². The number of nitrogens with zero attached hydrogens (tertiary/aromatic N) is 6. The number of esters is 4. The van der Waals surface area contributed by atoms with Gasteiger partial charge in [-0.25, -0.2) is 34.1 Å². The van der Waals surface area contributed by atoms with Crippen LogP contribution in [0.5, 0.6) is 0 Å². The molecule has 9 rings (SSSR count). The highest BCUT2D eigenvalue weighted by Crippen LogP contribution is 2.47. The molecule has 0 bridgehead atoms. The van der Waals surface area contributed by atoms with Crippen molar-refractivity contribution in [3.63, 3.8) is 0 Å². The molecule has 0 spiro atoms. The molecular weight excluding hydrogens is 1490 g/mol. The van der Waals surface area contributed by atoms with Gasteiger partial charge in [0.1, 0.15) is 23.2 Å². The van der Waals surface area contributed by atoms with Gasteiger partial charge in [-0.05, 0) is 245 Å². The van der Waals surface area contributed by atoms with Gasteiger partial charge in [0.15, 0.2) is 22.4 Å². The van der Waals surface area contributed by atoms with Crippen LogP contribution < -0.4 is 0 Å². The number of hydrogen-bond donors (Lipinski definition) is 0. The Labute approximate surface area is 657 Å². The van der Waals surface area contributed by atoms with Crippen molar-refractivity contribution in [3.8, 4) is 0 Å². The van der Waals surface area contributed by atoms with E-state index in [4.69, 9.17) is 56.5 Å². The molecule has 4 unspecified atom stereocenters. The molecule has 0 aromatic carbocycles. The lowest BCUT2D eigenvalue weighted by Gasteiger charge is -2.40. The van der Waals surface area contributed by atoms with Gasteiger partial charge in [0.25, 0.3) is 17.1 Å². The molecule has 6 aliphatic rings. The van der Waals surface area contributed by atoms with Crippen molar-refractivity contribution in [1.82, 2.24) is 15.0 Å². The Morgan fingerprint density at radius 1 is 0.409 bits per heavy atom. The summed E-state index contributed by atoms with van der Waals surface area (Å²) in [5, 5.41) is 31.6. The number of carbonyl (C=O) groups is 4. The van der Waals surface area contributed by atoms with E-state index < -0.39 is 108 Å². The Kier molecular flexibility index (Phi) is 31.9. The third-order valence-electron chi connectivity index (χ3n) is 19.4. The molecule has 4 atom stereocenters. The summed E-state index contributed by atoms with van der Waals surface area (Å²) in [6.45, 7) is 48.2. The van der Waals surface area contributed by atoms with Crippen molar-refractivity contribution >= 4 is 82.3 Å². The van der Waals surface area contributed by atoms with Gasteiger partial charge in [-0.1, -0.05) is 59.5 Å². The van der Waals surface area contributed by atoms with Gasteiger partial charge in [0, 0.05) is 37.5 Å². The molecule has 6 aliphatic heterocycles. The van der Waals surface area contributed by atoms with E-state index in [-0.39, 0.29) is 29.0 Å². The van der Waals surface area contributed by atoms with Crippen molar-refractivity contribution in [1.29, 1.82) is 0 Å². The van der Waals surface area contributed by atoms with Gasteiger partial charge >= 0.3 is 38.1 Å². The zero-order valence-electron chi connectivity index (χ0n) is 69.0. The quantitative estimate of drug-likeness (QED) is 0.0162. The lowest BCUT2D eigenvalue weighted by Crippen LogP contribution is -2.50. The summed E-state index contributed by atoms with van der Waals surface area (Å²) >= 11 is 3.06. The number of unbranched alkanes of at least 4 members (excludes halogenated alkanes) is 4. The topological polar surface area (TPSA) is 347 Å². The molecule has 3 aromatic rings. The van der Waals surface area contributed by atoms with Crippen LogP contribution in [0.15, 0.2) is 94.8 Å². The minimum Gasteiger partial charge on any atom is -0.464 e. The van der Waals surface area contributed by atoms with Crippen molar-refractivity contribution in [2.45, 2.75) is 310 Å². The molecular formula is C79H117B2BrN6O22. The molecule has 28 nitrogen and oxygen atoms in total. The van der Waals surface area contributed by atoms with Crippen LogP contribution in [0.25, 0.3) is 11.1 Å². The molecule has 0 amide bonds. The van der Waals surface area contributed by atoms with E-state index in [2.05, 4.69) is 44.7 Å². The minimum absolute atomic E-state index is 0.00296. The highest BCUT2D eigenvalue weighted by molar-refractivity contribution is 9.10. The number of ether oxygens (including phenoxy) is 8. The summed E-state index contributed by atoms with van der Waals surface area (Å²) in [7, 11) is -0.952. The van der Waals surface area contributed by atoms with Gasteiger partial charge < -0.3 is 56.5 Å². The number of pyridine rings is 3. The molecule has 0 saturated carbocycles. The Balaban J connectivity index is 0.000000251. The van der Waals surface area contributed by atoms with E-state index in [1.807, 2.05) is 143 Å². The fraction of sp³-hybridized carbons (Fsp3) is 0.658. The minimum atomic E-state index is -1.21. The molecule has 0 aliphatic carbocycles. The lowest BCUT2D eigenvalue weighted by atomic mass is 9.69. The third-order valence-corrected chi connectivity index (χ3v) is 19.9. The van der Waals surface area contributed by atoms with Crippen molar-refractivity contribution in [3.05, 3.63) is 137 Å². The van der Waals surface area contributed by atoms with E-state index in [0.717, 1.165) is 73.5 Å². The van der Waals surface area contributed by atoms with Crippen molar-refractivity contribution < 1.29 is 90.5 Å². The summed E-state index contributed by atoms with van der Waals surface area (Å²) in [4.78, 5) is 92.5. The van der Waals surface area contributed by atoms with Gasteiger partial charge in [-0.3, -0.25) is 30.3 Å². The number of rotatable bonds is 23. The summed E-state index contributed by atoms with van der Waals surface area (Å²) in [5.74, 6) is -1.52. The molecule has 608 valence electrons. The van der Waals surface area contributed by atoms with E-state index in [0.29, 0.717) is 68.1 Å². The third kappa shape index (κ3) is 25.9. The van der Waals surface area contributed by atoms with Crippen LogP contribution in [0.3, 0.4) is 0 Å². The van der Waals surface area contributed by atoms with Crippen LogP contribution in [0.4, 0.5) is 17.1 Å². The highest BCUT2D eigenvalue weighted by Gasteiger charge is 2.58. The first-order valence-corrected chi connectivity index (χ1v) is 38.5. The molecule has 110 heavy (non-hydrogen) atoms. The maximum atomic E-state index is 12.6. The second-order valence-electron chi connectivity index (χ2n) is 33.3. The average molecular weight is 1600 g/mol. The zero-order chi connectivity index (χ0) is 83.1. The maximum absolute atomic E-state index is 12.6. The number of carbonyl (C=O) groups excluding carboxylic acids is 4. The summed E-state index contributed by atoms with van der Waals surface area (Å²) in [6.07, 6.45) is 20.1. The number of halogens is 1. The Hall–Kier alpha value is -7.22. The van der Waals surface area contributed by atoms with Crippen LogP contribution >= 0.6 is 15.9 Å². The fourth-order valence-electron chi connectivity index (χ4n) is 12.8. The molecule has 0 radical (unpaired) electrons. The van der Waals surface area contributed by atoms with Crippen LogP contribution in [0.1, 0.15) is 255 Å². The lowest BCUT2D eigenvalue weighted by molar-refractivity contribution is -0.385. The van der Waals surface area contributed by atoms with Gasteiger partial charge in [0.2, 0.25) is 0 Å². The predicted molar refractivity (Wildman–Crippen MR) is 421 cm³/mol. The Morgan fingerprint density at radius 3 is 1.07 bits per heavy atom. The number of nitro groups is 3. The Bertz CT molecular complexity index is 3810. The van der Waals surface area contributed by atoms with Crippen LogP contribution in [-0.4, -0.2) is 161 Å². The summed E-state index contributed by atoms with van der Waals surface area (Å²) < 4.78 is 71.0. The largest absolute Gasteiger partial charge is 0.490 e. The fourth-order valence-corrected chi connectivity index (χ4v) is 13.0. The van der Waals surface area contributed by atoms with E-state index in [1.165, 1.54) is 42.9 Å². The number of hydrogen-bond acceptors (Lipinski definition) is 25. The number of aromatic nitrogens is 3. The van der Waals surface area contributed by atoms with E-state index in [9.17, 15) is 49.5 Å². The first-order chi connectivity index (χ1) is 50.7. The summed E-state index contributed by atoms with van der Waals surface area (Å²) in [5.41, 5.74) is -4.03. The second-order valence-corrected chi connectivity index (χ2v) is 34.2. The van der Waals surface area contributed by atoms with Crippen molar-refractivity contribution in [2.24, 2.45) is 0 Å². The molecule has 2 fully saturated rings. The first kappa shape index (κ1) is 93.4. The van der Waals surface area contributed by atoms with E-state index >= 15 is 0 Å². The average Bonchev–Trinajstić information content (AvgIpc) is 1.55. The standard InChI is InChI=1S/2C19H33BO5.2C18H24N2O5.C5H3BrN2O2/c2*1-9-10-11-22-15(21)19(8)13-14(12-16(2,3)23-19)20-24-17(4,5)18(6,7)25-20;2*1-5-6-9-24-16(21)18(4)11-13(10-17(2,3)25-18)15-8-7-14(12-19-15)20(22)23;6-5-2-1-4(3-7-5)8(9)10/h13H,9-12H2,1-8H3;12H,9-11,13H2,1-8H3;7-8,11-12H,5-6,9-10H2,1-4H3;7-8,10,12H,5-6,9,11H2,1-4H3;1-3H. The molecule has 31 heteroatoms. The highest BCUT2D eigenvalue weighted by atomic mass is 79.9. The first-order valence-electron chi connectivity index (χ1n) is 37.7. The molecule has 3 aromatic heterocycles. The molecule has 0 N–H and O–H groups in total. The maximum Gasteiger partial charge on any atom is 0.490 e. The molecule has 9 heterocycles. The van der Waals surface area contributed by atoms with Crippen LogP contribution in [0, 0.1) is 30.3 Å². The predicted octanol–water partition coefficient (Wildman–Crippen LogP) is 16.8. The van der Waals surface area contributed by atoms with Gasteiger partial charge in [-0.15, -0.1) is 0 Å². The Morgan fingerprint density at radius 2 is 0.727 bits per heavy atom. The van der Waals surface area contributed by atoms with Gasteiger partial charge in [0.05, 0.1) is 97.4 Å². The smallest absolute Gasteiger partial charge is 0.464 e.